The SMILES string of the molecule is COc1ccc2c(c1)NC(=O)CCCCCC/C=C/C[C@H](OC(=O)[C@H](C)NC(=O)C1CCCCC1)CC/C(C)=C/CC2. The first-order valence-corrected chi connectivity index (χ1v) is 16.1. The topological polar surface area (TPSA) is 93.7 Å². The Morgan fingerprint density at radius 3 is 2.48 bits per heavy atom. The van der Waals surface area contributed by atoms with Crippen molar-refractivity contribution >= 4 is 23.5 Å². The van der Waals surface area contributed by atoms with Gasteiger partial charge in [0.2, 0.25) is 11.8 Å². The summed E-state index contributed by atoms with van der Waals surface area (Å²) in [4.78, 5) is 38.3. The third kappa shape index (κ3) is 12.0. The zero-order valence-electron chi connectivity index (χ0n) is 26.1. The fourth-order valence-electron chi connectivity index (χ4n) is 5.71. The molecule has 2 N–H and O–H groups in total. The first-order chi connectivity index (χ1) is 20.4. The van der Waals surface area contributed by atoms with Crippen LogP contribution in [-0.4, -0.2) is 37.0 Å². The summed E-state index contributed by atoms with van der Waals surface area (Å²) in [6.45, 7) is 3.84. The number of nitrogens with one attached hydrogen (secondary N) is 2. The van der Waals surface area contributed by atoms with Crippen LogP contribution in [0.1, 0.15) is 116 Å². The summed E-state index contributed by atoms with van der Waals surface area (Å²) < 4.78 is 11.3. The van der Waals surface area contributed by atoms with Gasteiger partial charge in [-0.3, -0.25) is 9.59 Å². The van der Waals surface area contributed by atoms with Gasteiger partial charge < -0.3 is 20.1 Å². The lowest BCUT2D eigenvalue weighted by Gasteiger charge is -2.24. The molecule has 3 rings (SSSR count). The van der Waals surface area contributed by atoms with Crippen LogP contribution in [0.2, 0.25) is 0 Å². The second-order valence-corrected chi connectivity index (χ2v) is 12.0. The standard InChI is InChI=1S/C35H52N2O5/c1-26-15-14-18-28-22-24-31(41-3)25-32(28)37-33(38)20-13-8-6-4-5-7-12-19-30(23-21-26)42-35(40)27(2)36-34(39)29-16-10-9-11-17-29/h7,12,15,22,24-25,27,29-30H,4-6,8-11,13-14,16-21,23H2,1-3H3,(H,36,39)(H,37,38)/b12-7+,26-15+/t27-,30-/m0/s1. The number of amides is 2. The van der Waals surface area contributed by atoms with Crippen molar-refractivity contribution in [2.24, 2.45) is 5.92 Å². The molecule has 1 aromatic carbocycles. The van der Waals surface area contributed by atoms with Crippen molar-refractivity contribution in [1.82, 2.24) is 5.32 Å². The van der Waals surface area contributed by atoms with Crippen molar-refractivity contribution in [1.29, 1.82) is 0 Å². The molecule has 1 heterocycles. The molecule has 1 aliphatic carbocycles. The maximum Gasteiger partial charge on any atom is 0.328 e. The predicted molar refractivity (Wildman–Crippen MR) is 168 cm³/mol. The number of carbonyl (C=O) groups excluding carboxylic acids is 3. The molecule has 2 aliphatic rings. The van der Waals surface area contributed by atoms with Crippen molar-refractivity contribution < 1.29 is 23.9 Å². The number of hydrogen-bond donors (Lipinski definition) is 2. The lowest BCUT2D eigenvalue weighted by molar-refractivity contribution is -0.153. The van der Waals surface area contributed by atoms with Gasteiger partial charge in [0.05, 0.1) is 7.11 Å². The molecule has 7 heteroatoms. The summed E-state index contributed by atoms with van der Waals surface area (Å²) >= 11 is 0. The maximum absolute atomic E-state index is 13.0. The normalized spacial score (nSPS) is 23.2. The van der Waals surface area contributed by atoms with E-state index in [1.807, 2.05) is 18.2 Å². The fraction of sp³-hybridized carbons (Fsp3) is 0.629. The Bertz CT molecular complexity index is 1070. The van der Waals surface area contributed by atoms with E-state index in [0.29, 0.717) is 12.8 Å². The number of benzene rings is 1. The number of methoxy groups -OCH3 is 1. The lowest BCUT2D eigenvalue weighted by atomic mass is 9.88. The number of anilines is 1. The Morgan fingerprint density at radius 2 is 1.69 bits per heavy atom. The van der Waals surface area contributed by atoms with E-state index >= 15 is 0 Å². The van der Waals surface area contributed by atoms with Crippen LogP contribution in [0, 0.1) is 5.92 Å². The highest BCUT2D eigenvalue weighted by molar-refractivity contribution is 5.91. The van der Waals surface area contributed by atoms with Crippen LogP contribution in [-0.2, 0) is 25.5 Å². The minimum Gasteiger partial charge on any atom is -0.497 e. The summed E-state index contributed by atoms with van der Waals surface area (Å²) in [5.74, 6) is 0.414. The number of fused-ring (bicyclic) bond motifs is 1. The van der Waals surface area contributed by atoms with Gasteiger partial charge in [0.15, 0.2) is 0 Å². The highest BCUT2D eigenvalue weighted by atomic mass is 16.5. The summed E-state index contributed by atoms with van der Waals surface area (Å²) in [7, 11) is 1.63. The smallest absolute Gasteiger partial charge is 0.328 e. The Morgan fingerprint density at radius 1 is 0.929 bits per heavy atom. The summed E-state index contributed by atoms with van der Waals surface area (Å²) in [6.07, 6.45) is 20.8. The molecule has 1 aliphatic heterocycles. The van der Waals surface area contributed by atoms with E-state index in [-0.39, 0.29) is 29.8 Å². The fourth-order valence-corrected chi connectivity index (χ4v) is 5.71. The Hall–Kier alpha value is -3.09. The molecule has 0 spiro atoms. The molecule has 0 radical (unpaired) electrons. The van der Waals surface area contributed by atoms with Gasteiger partial charge in [-0.1, -0.05) is 62.0 Å². The molecule has 2 atom stereocenters. The van der Waals surface area contributed by atoms with Gasteiger partial charge in [0.25, 0.3) is 0 Å². The molecule has 1 aromatic rings. The predicted octanol–water partition coefficient (Wildman–Crippen LogP) is 7.59. The van der Waals surface area contributed by atoms with Gasteiger partial charge in [-0.2, -0.15) is 0 Å². The molecule has 0 bridgehead atoms. The monoisotopic (exact) mass is 580 g/mol. The van der Waals surface area contributed by atoms with Crippen LogP contribution >= 0.6 is 0 Å². The molecule has 0 saturated heterocycles. The van der Waals surface area contributed by atoms with Crippen LogP contribution in [0.5, 0.6) is 5.75 Å². The molecule has 1 saturated carbocycles. The van der Waals surface area contributed by atoms with Gasteiger partial charge in [-0.25, -0.2) is 4.79 Å². The van der Waals surface area contributed by atoms with Gasteiger partial charge >= 0.3 is 5.97 Å². The molecular formula is C35H52N2O5. The van der Waals surface area contributed by atoms with E-state index in [1.54, 1.807) is 14.0 Å². The van der Waals surface area contributed by atoms with Crippen molar-refractivity contribution in [2.75, 3.05) is 12.4 Å². The van der Waals surface area contributed by atoms with Gasteiger partial charge in [0.1, 0.15) is 17.9 Å². The van der Waals surface area contributed by atoms with Crippen LogP contribution in [0.15, 0.2) is 42.0 Å². The zero-order valence-corrected chi connectivity index (χ0v) is 26.1. The van der Waals surface area contributed by atoms with E-state index in [0.717, 1.165) is 100 Å². The molecule has 1 fully saturated rings. The third-order valence-corrected chi connectivity index (χ3v) is 8.42. The van der Waals surface area contributed by atoms with Crippen molar-refractivity contribution in [3.05, 3.63) is 47.6 Å². The minimum atomic E-state index is -0.653. The van der Waals surface area contributed by atoms with Crippen molar-refractivity contribution in [3.8, 4) is 5.75 Å². The van der Waals surface area contributed by atoms with E-state index in [4.69, 9.17) is 9.47 Å². The Balaban J connectivity index is 1.62. The Labute approximate surface area is 252 Å². The highest BCUT2D eigenvalue weighted by Crippen LogP contribution is 2.26. The highest BCUT2D eigenvalue weighted by Gasteiger charge is 2.26. The largest absolute Gasteiger partial charge is 0.497 e. The molecule has 0 aromatic heterocycles. The van der Waals surface area contributed by atoms with Gasteiger partial charge in [-0.15, -0.1) is 0 Å². The number of aryl methyl sites for hydroxylation is 1. The first-order valence-electron chi connectivity index (χ1n) is 16.1. The van der Waals surface area contributed by atoms with Gasteiger partial charge in [-0.05, 0) is 83.3 Å². The molecule has 42 heavy (non-hydrogen) atoms. The lowest BCUT2D eigenvalue weighted by Crippen LogP contribution is -2.43. The average Bonchev–Trinajstić information content (AvgIpc) is 2.99. The number of rotatable bonds is 5. The second kappa shape index (κ2) is 18.4. The number of carbonyl (C=O) groups is 3. The van der Waals surface area contributed by atoms with Crippen molar-refractivity contribution in [2.45, 2.75) is 129 Å². The molecule has 7 nitrogen and oxygen atoms in total. The average molecular weight is 581 g/mol. The number of ether oxygens (including phenoxy) is 2. The zero-order chi connectivity index (χ0) is 30.2. The second-order valence-electron chi connectivity index (χ2n) is 12.0. The number of hydrogen-bond acceptors (Lipinski definition) is 5. The van der Waals surface area contributed by atoms with E-state index in [1.165, 1.54) is 12.0 Å². The van der Waals surface area contributed by atoms with Crippen LogP contribution in [0.3, 0.4) is 0 Å². The third-order valence-electron chi connectivity index (χ3n) is 8.42. The quantitative estimate of drug-likeness (QED) is 0.276. The summed E-state index contributed by atoms with van der Waals surface area (Å²) in [5, 5.41) is 6.01. The van der Waals surface area contributed by atoms with Crippen molar-refractivity contribution in [3.63, 3.8) is 0 Å². The summed E-state index contributed by atoms with van der Waals surface area (Å²) in [5.41, 5.74) is 3.15. The summed E-state index contributed by atoms with van der Waals surface area (Å²) in [6, 6.07) is 5.21. The number of allylic oxidation sites excluding steroid dienone is 3. The Kier molecular flexibility index (Phi) is 14.7. The minimum absolute atomic E-state index is 0.0137. The molecular weight excluding hydrogens is 528 g/mol. The first kappa shape index (κ1) is 33.4. The van der Waals surface area contributed by atoms with Crippen LogP contribution in [0.25, 0.3) is 0 Å². The molecule has 0 unspecified atom stereocenters. The van der Waals surface area contributed by atoms with E-state index in [9.17, 15) is 14.4 Å². The van der Waals surface area contributed by atoms with Gasteiger partial charge in [0, 0.05) is 30.5 Å². The van der Waals surface area contributed by atoms with Crippen LogP contribution in [0.4, 0.5) is 5.69 Å². The van der Waals surface area contributed by atoms with E-state index in [2.05, 4.69) is 35.8 Å². The maximum atomic E-state index is 13.0. The van der Waals surface area contributed by atoms with Crippen LogP contribution < -0.4 is 15.4 Å². The molecule has 2 amide bonds. The number of esters is 1. The molecule has 232 valence electrons. The van der Waals surface area contributed by atoms with E-state index < -0.39 is 6.04 Å².